The molecule has 1 N–H and O–H groups in total. The maximum Gasteiger partial charge on any atom is 0.0172 e. The Balaban J connectivity index is 0. The molecular formula is HO4Si-3. The predicted octanol–water partition coefficient (Wildman–Crippen LogP) is -3.05. The lowest BCUT2D eigenvalue weighted by Crippen LogP contribution is -2.34. The molecule has 0 bridgehead atoms. The van der Waals surface area contributed by atoms with Crippen LogP contribution in [0.5, 0.6) is 0 Å². The summed E-state index contributed by atoms with van der Waals surface area (Å²) in [5.41, 5.74) is 0. The lowest BCUT2D eigenvalue weighted by molar-refractivity contribution is -0.354. The molecule has 5 heavy (non-hydrogen) atoms. The van der Waals surface area contributed by atoms with Gasteiger partial charge in [0.05, 0.1) is 0 Å². The van der Waals surface area contributed by atoms with Gasteiger partial charge in [0.25, 0.3) is 0 Å². The fourth-order valence-electron chi connectivity index (χ4n) is 0. The van der Waals surface area contributed by atoms with Crippen LogP contribution in [0, 0.1) is 0 Å². The summed E-state index contributed by atoms with van der Waals surface area (Å²) >= 11 is 0. The third-order valence-corrected chi connectivity index (χ3v) is 0. The first-order valence-electron chi connectivity index (χ1n) is 0.612. The highest BCUT2D eigenvalue weighted by atomic mass is 28.3. The quantitative estimate of drug-likeness (QED) is 0.297. The second-order valence-electron chi connectivity index (χ2n) is 0.250. The summed E-state index contributed by atoms with van der Waals surface area (Å²) < 4.78 is 8.52. The smallest absolute Gasteiger partial charge is 0.0172 e. The van der Waals surface area contributed by atoms with E-state index in [-0.39, 0.29) is 5.48 Å². The Bertz CT molecular complexity index is 26.6. The molecule has 0 fully saturated rings. The summed E-state index contributed by atoms with van der Waals surface area (Å²) in [6.07, 6.45) is 0. The predicted molar refractivity (Wildman–Crippen MR) is 8.38 cm³/mol. The summed E-state index contributed by atoms with van der Waals surface area (Å²) in [4.78, 5) is 17.0. The van der Waals surface area contributed by atoms with Gasteiger partial charge in [-0.1, -0.05) is 0 Å². The normalized spacial score (nSPS) is 4.80. The molecule has 0 radical (unpaired) electrons. The summed E-state index contributed by atoms with van der Waals surface area (Å²) in [6.45, 7) is 0. The Morgan fingerprint density at radius 1 is 1.40 bits per heavy atom. The van der Waals surface area contributed by atoms with E-state index in [4.69, 9.17) is 14.1 Å². The molecule has 0 aliphatic heterocycles. The zero-order chi connectivity index (χ0) is 3.58. The number of rotatable bonds is 0. The molecule has 0 amide bonds. The van der Waals surface area contributed by atoms with Crippen LogP contribution in [0.15, 0.2) is 0 Å². The van der Waals surface area contributed by atoms with Gasteiger partial charge >= 0.3 is 0 Å². The standard InChI is InChI=1S/O3Si.H2O/c1-4(2)3;/h;1H2/q-2;/p-1. The van der Waals surface area contributed by atoms with Gasteiger partial charge in [-0.05, 0) is 0 Å². The molecular weight excluding hydrogens is 92.1 g/mol. The average Bonchev–Trinajstić information content (AvgIpc) is 0.811. The van der Waals surface area contributed by atoms with Gasteiger partial charge in [-0.2, -0.15) is 0 Å². The van der Waals surface area contributed by atoms with Crippen LogP contribution < -0.4 is 9.59 Å². The maximum absolute atomic E-state index is 8.52. The molecule has 32 valence electrons. The highest BCUT2D eigenvalue weighted by molar-refractivity contribution is 6.17. The molecule has 0 aromatic heterocycles. The second-order valence-corrected chi connectivity index (χ2v) is 0.750. The minimum absolute atomic E-state index is 0. The Morgan fingerprint density at radius 2 is 1.40 bits per heavy atom. The fraction of sp³-hybridized carbons (Fsp3) is 0. The van der Waals surface area contributed by atoms with Crippen molar-refractivity contribution in [3.63, 3.8) is 0 Å². The van der Waals surface area contributed by atoms with Crippen LogP contribution in [0.25, 0.3) is 0 Å². The van der Waals surface area contributed by atoms with E-state index in [1.807, 2.05) is 0 Å². The van der Waals surface area contributed by atoms with Crippen molar-refractivity contribution in [2.45, 2.75) is 0 Å². The van der Waals surface area contributed by atoms with Crippen molar-refractivity contribution >= 4 is 9.17 Å². The summed E-state index contributed by atoms with van der Waals surface area (Å²) in [6, 6.07) is 0. The molecule has 0 aliphatic carbocycles. The Kier molecular flexibility index (Phi) is 6.31. The third kappa shape index (κ3) is 49.7. The zero-order valence-corrected chi connectivity index (χ0v) is 3.17. The SMILES string of the molecule is O=[Si]([O-])[O-].[OH-]. The summed E-state index contributed by atoms with van der Waals surface area (Å²) in [5.74, 6) is 0. The van der Waals surface area contributed by atoms with E-state index in [1.165, 1.54) is 0 Å². The van der Waals surface area contributed by atoms with Crippen LogP contribution >= 0.6 is 0 Å². The van der Waals surface area contributed by atoms with Crippen LogP contribution in [0.1, 0.15) is 0 Å². The van der Waals surface area contributed by atoms with Gasteiger partial charge < -0.3 is 19.5 Å². The molecule has 0 saturated carbocycles. The molecule has 0 rings (SSSR count). The lowest BCUT2D eigenvalue weighted by Gasteiger charge is -1.94. The van der Waals surface area contributed by atoms with Gasteiger partial charge in [0.1, 0.15) is 0 Å². The monoisotopic (exact) mass is 93.0 g/mol. The van der Waals surface area contributed by atoms with E-state index < -0.39 is 9.17 Å². The van der Waals surface area contributed by atoms with E-state index in [1.54, 1.807) is 0 Å². The molecule has 0 unspecified atom stereocenters. The van der Waals surface area contributed by atoms with Crippen molar-refractivity contribution in [2.75, 3.05) is 0 Å². The van der Waals surface area contributed by atoms with Gasteiger partial charge in [-0.25, -0.2) is 0 Å². The zero-order valence-electron chi connectivity index (χ0n) is 2.17. The molecule has 4 nitrogen and oxygen atoms in total. The molecule has 5 heteroatoms. The average molecular weight is 93.1 g/mol. The Labute approximate surface area is 29.9 Å². The minimum atomic E-state index is -3.63. The van der Waals surface area contributed by atoms with Crippen molar-refractivity contribution < 1.29 is 19.5 Å². The molecule has 0 heterocycles. The van der Waals surface area contributed by atoms with Crippen LogP contribution in [-0.4, -0.2) is 14.6 Å². The first-order chi connectivity index (χ1) is 1.73. The van der Waals surface area contributed by atoms with Crippen LogP contribution in [0.2, 0.25) is 0 Å². The highest BCUT2D eigenvalue weighted by Crippen LogP contribution is 0.990. The van der Waals surface area contributed by atoms with Crippen molar-refractivity contribution in [3.05, 3.63) is 0 Å². The van der Waals surface area contributed by atoms with Gasteiger partial charge in [0.15, 0.2) is 0 Å². The first-order valence-corrected chi connectivity index (χ1v) is 1.84. The largest absolute Gasteiger partial charge is 0.870 e. The van der Waals surface area contributed by atoms with E-state index in [2.05, 4.69) is 0 Å². The van der Waals surface area contributed by atoms with Gasteiger partial charge in [0, 0.05) is 9.17 Å². The summed E-state index contributed by atoms with van der Waals surface area (Å²) in [5, 5.41) is 0. The molecule has 0 spiro atoms. The van der Waals surface area contributed by atoms with E-state index in [0.29, 0.717) is 0 Å². The lowest BCUT2D eigenvalue weighted by atomic mass is 15.8. The van der Waals surface area contributed by atoms with Crippen molar-refractivity contribution in [2.24, 2.45) is 0 Å². The number of hydrogen-bond donors (Lipinski definition) is 0. The second kappa shape index (κ2) is 3.58. The van der Waals surface area contributed by atoms with E-state index in [0.717, 1.165) is 0 Å². The Hall–Kier alpha value is -0.423. The van der Waals surface area contributed by atoms with Gasteiger partial charge in [0.2, 0.25) is 0 Å². The van der Waals surface area contributed by atoms with Crippen LogP contribution in [-0.2, 0) is 4.46 Å². The van der Waals surface area contributed by atoms with Crippen LogP contribution in [0.3, 0.4) is 0 Å². The summed E-state index contributed by atoms with van der Waals surface area (Å²) in [7, 11) is -3.63. The minimum Gasteiger partial charge on any atom is -0.870 e. The molecule has 0 aromatic carbocycles. The molecule has 0 aliphatic rings. The third-order valence-electron chi connectivity index (χ3n) is 0. The van der Waals surface area contributed by atoms with E-state index in [9.17, 15) is 0 Å². The molecule has 0 aromatic rings. The maximum atomic E-state index is 8.52. The van der Waals surface area contributed by atoms with Gasteiger partial charge in [-0.15, -0.1) is 0 Å². The highest BCUT2D eigenvalue weighted by Gasteiger charge is 1.29. The first kappa shape index (κ1) is 8.82. The van der Waals surface area contributed by atoms with Crippen molar-refractivity contribution in [1.82, 2.24) is 0 Å². The van der Waals surface area contributed by atoms with Crippen LogP contribution in [0.4, 0.5) is 0 Å². The van der Waals surface area contributed by atoms with E-state index >= 15 is 0 Å². The molecule has 0 atom stereocenters. The molecule has 0 saturated heterocycles. The van der Waals surface area contributed by atoms with Gasteiger partial charge in [-0.3, -0.25) is 0 Å². The van der Waals surface area contributed by atoms with Crippen molar-refractivity contribution in [3.8, 4) is 0 Å². The number of hydrogen-bond acceptors (Lipinski definition) is 4. The fourth-order valence-corrected chi connectivity index (χ4v) is 0. The topological polar surface area (TPSA) is 93.2 Å². The van der Waals surface area contributed by atoms with Crippen molar-refractivity contribution in [1.29, 1.82) is 0 Å². The Morgan fingerprint density at radius 3 is 1.40 bits per heavy atom.